The van der Waals surface area contributed by atoms with Crippen LogP contribution in [0.3, 0.4) is 0 Å². The lowest BCUT2D eigenvalue weighted by atomic mass is 10.1. The number of amides is 1. The molecule has 1 amide bonds. The van der Waals surface area contributed by atoms with Gasteiger partial charge < -0.3 is 10.6 Å². The van der Waals surface area contributed by atoms with Crippen LogP contribution < -0.4 is 10.6 Å². The molecule has 1 unspecified atom stereocenters. The molecule has 2 rings (SSSR count). The minimum atomic E-state index is -0.0538. The molecule has 0 aromatic carbocycles. The lowest BCUT2D eigenvalue weighted by Gasteiger charge is -2.26. The van der Waals surface area contributed by atoms with Gasteiger partial charge in [0.05, 0.1) is 6.04 Å². The zero-order valence-corrected chi connectivity index (χ0v) is 8.21. The van der Waals surface area contributed by atoms with E-state index in [4.69, 9.17) is 11.6 Å². The maximum atomic E-state index is 11.5. The number of hydrogen-bond acceptors (Lipinski definition) is 3. The number of hydrogen-bond donors (Lipinski definition) is 2. The second-order valence-electron chi connectivity index (χ2n) is 3.15. The lowest BCUT2D eigenvalue weighted by Crippen LogP contribution is -2.50. The molecule has 1 aliphatic rings. The van der Waals surface area contributed by atoms with Gasteiger partial charge in [0, 0.05) is 11.9 Å². The van der Waals surface area contributed by atoms with E-state index in [9.17, 15) is 4.79 Å². The largest absolute Gasteiger partial charge is 0.325 e. The van der Waals surface area contributed by atoms with Gasteiger partial charge in [-0.2, -0.15) is 0 Å². The average molecular weight is 212 g/mol. The molecule has 1 aromatic rings. The van der Waals surface area contributed by atoms with Crippen LogP contribution in [0.4, 0.5) is 5.69 Å². The van der Waals surface area contributed by atoms with Gasteiger partial charge in [-0.25, -0.2) is 4.98 Å². The van der Waals surface area contributed by atoms with Crippen LogP contribution in [0.2, 0.25) is 5.15 Å². The van der Waals surface area contributed by atoms with Crippen LogP contribution in [0.15, 0.2) is 18.3 Å². The topological polar surface area (TPSA) is 54.0 Å². The summed E-state index contributed by atoms with van der Waals surface area (Å²) in [5.41, 5.74) is 0.684. The first-order valence-corrected chi connectivity index (χ1v) is 4.79. The highest BCUT2D eigenvalue weighted by Gasteiger charge is 2.24. The molecule has 5 heteroatoms. The fraction of sp³-hybridized carbons (Fsp3) is 0.333. The first-order chi connectivity index (χ1) is 6.75. The second kappa shape index (κ2) is 3.94. The summed E-state index contributed by atoms with van der Waals surface area (Å²) in [4.78, 5) is 15.3. The summed E-state index contributed by atoms with van der Waals surface area (Å²) >= 11 is 5.68. The van der Waals surface area contributed by atoms with Crippen LogP contribution in [0, 0.1) is 0 Å². The summed E-state index contributed by atoms with van der Waals surface area (Å²) < 4.78 is 0. The molecule has 1 atom stereocenters. The van der Waals surface area contributed by atoms with Gasteiger partial charge in [-0.15, -0.1) is 0 Å². The molecule has 0 radical (unpaired) electrons. The fourth-order valence-corrected chi connectivity index (χ4v) is 1.40. The SMILES string of the molecule is O=C(Nc1ccnc(Cl)c1)C1CCN1. The van der Waals surface area contributed by atoms with E-state index in [1.165, 1.54) is 0 Å². The van der Waals surface area contributed by atoms with Crippen LogP contribution in [0.5, 0.6) is 0 Å². The molecule has 1 fully saturated rings. The quantitative estimate of drug-likeness (QED) is 0.719. The van der Waals surface area contributed by atoms with Gasteiger partial charge in [0.2, 0.25) is 5.91 Å². The molecule has 0 saturated carbocycles. The highest BCUT2D eigenvalue weighted by molar-refractivity contribution is 6.29. The lowest BCUT2D eigenvalue weighted by molar-refractivity contribution is -0.119. The van der Waals surface area contributed by atoms with Gasteiger partial charge in [-0.3, -0.25) is 4.79 Å². The first-order valence-electron chi connectivity index (χ1n) is 4.41. The summed E-state index contributed by atoms with van der Waals surface area (Å²) in [5, 5.41) is 6.16. The number of anilines is 1. The van der Waals surface area contributed by atoms with E-state index in [-0.39, 0.29) is 11.9 Å². The highest BCUT2D eigenvalue weighted by atomic mass is 35.5. The van der Waals surface area contributed by atoms with Crippen molar-refractivity contribution in [2.24, 2.45) is 0 Å². The molecular weight excluding hydrogens is 202 g/mol. The van der Waals surface area contributed by atoms with Crippen molar-refractivity contribution in [1.82, 2.24) is 10.3 Å². The van der Waals surface area contributed by atoms with Crippen molar-refractivity contribution in [2.75, 3.05) is 11.9 Å². The monoisotopic (exact) mass is 211 g/mol. The fourth-order valence-electron chi connectivity index (χ4n) is 1.22. The minimum Gasteiger partial charge on any atom is -0.325 e. The van der Waals surface area contributed by atoms with Crippen molar-refractivity contribution in [3.63, 3.8) is 0 Å². The standard InChI is InChI=1S/C9H10ClN3O/c10-8-5-6(1-3-12-8)13-9(14)7-2-4-11-7/h1,3,5,7,11H,2,4H2,(H,12,13,14). The molecule has 0 bridgehead atoms. The zero-order chi connectivity index (χ0) is 9.97. The van der Waals surface area contributed by atoms with E-state index in [2.05, 4.69) is 15.6 Å². The molecular formula is C9H10ClN3O. The summed E-state index contributed by atoms with van der Waals surface area (Å²) in [6.07, 6.45) is 2.46. The number of nitrogens with zero attached hydrogens (tertiary/aromatic N) is 1. The Bertz CT molecular complexity index is 352. The predicted molar refractivity (Wildman–Crippen MR) is 54.3 cm³/mol. The molecule has 0 aliphatic carbocycles. The minimum absolute atomic E-state index is 0.0153. The molecule has 2 N–H and O–H groups in total. The molecule has 1 saturated heterocycles. The summed E-state index contributed by atoms with van der Waals surface area (Å²) in [5.74, 6) is -0.0153. The Morgan fingerprint density at radius 3 is 3.07 bits per heavy atom. The Kier molecular flexibility index (Phi) is 2.65. The highest BCUT2D eigenvalue weighted by Crippen LogP contribution is 2.13. The number of pyridine rings is 1. The van der Waals surface area contributed by atoms with Crippen molar-refractivity contribution in [3.8, 4) is 0 Å². The number of nitrogens with one attached hydrogen (secondary N) is 2. The van der Waals surface area contributed by atoms with Crippen molar-refractivity contribution >= 4 is 23.2 Å². The number of rotatable bonds is 2. The van der Waals surface area contributed by atoms with Crippen LogP contribution in [-0.2, 0) is 4.79 Å². The Balaban J connectivity index is 1.99. The third-order valence-corrected chi connectivity index (χ3v) is 2.34. The third-order valence-electron chi connectivity index (χ3n) is 2.13. The maximum Gasteiger partial charge on any atom is 0.241 e. The Morgan fingerprint density at radius 1 is 1.71 bits per heavy atom. The van der Waals surface area contributed by atoms with E-state index in [1.54, 1.807) is 18.3 Å². The van der Waals surface area contributed by atoms with Crippen LogP contribution in [0.25, 0.3) is 0 Å². The van der Waals surface area contributed by atoms with E-state index in [0.717, 1.165) is 13.0 Å². The predicted octanol–water partition coefficient (Wildman–Crippen LogP) is 1.04. The van der Waals surface area contributed by atoms with Gasteiger partial charge >= 0.3 is 0 Å². The average Bonchev–Trinajstić information content (AvgIpc) is 1.99. The smallest absolute Gasteiger partial charge is 0.241 e. The zero-order valence-electron chi connectivity index (χ0n) is 7.46. The van der Waals surface area contributed by atoms with Gasteiger partial charge in [-0.1, -0.05) is 11.6 Å². The van der Waals surface area contributed by atoms with Crippen molar-refractivity contribution in [2.45, 2.75) is 12.5 Å². The van der Waals surface area contributed by atoms with Gasteiger partial charge in [-0.05, 0) is 25.1 Å². The summed E-state index contributed by atoms with van der Waals surface area (Å²) in [6.45, 7) is 0.912. The van der Waals surface area contributed by atoms with E-state index in [0.29, 0.717) is 10.8 Å². The Morgan fingerprint density at radius 2 is 2.50 bits per heavy atom. The number of halogens is 1. The number of carbonyl (C=O) groups excluding carboxylic acids is 1. The van der Waals surface area contributed by atoms with Gasteiger partial charge in [0.1, 0.15) is 5.15 Å². The Labute approximate surface area is 86.7 Å². The van der Waals surface area contributed by atoms with E-state index in [1.807, 2.05) is 0 Å². The van der Waals surface area contributed by atoms with Crippen LogP contribution >= 0.6 is 11.6 Å². The van der Waals surface area contributed by atoms with E-state index >= 15 is 0 Å². The normalized spacial score (nSPS) is 19.9. The molecule has 0 spiro atoms. The molecule has 1 aliphatic heterocycles. The van der Waals surface area contributed by atoms with Crippen LogP contribution in [-0.4, -0.2) is 23.5 Å². The van der Waals surface area contributed by atoms with Crippen LogP contribution in [0.1, 0.15) is 6.42 Å². The Hall–Kier alpha value is -1.13. The third kappa shape index (κ3) is 2.02. The van der Waals surface area contributed by atoms with Crippen molar-refractivity contribution < 1.29 is 4.79 Å². The molecule has 4 nitrogen and oxygen atoms in total. The van der Waals surface area contributed by atoms with Crippen molar-refractivity contribution in [1.29, 1.82) is 0 Å². The van der Waals surface area contributed by atoms with Gasteiger partial charge in [0.25, 0.3) is 0 Å². The molecule has 1 aromatic heterocycles. The summed E-state index contributed by atoms with van der Waals surface area (Å²) in [6, 6.07) is 3.28. The molecule has 14 heavy (non-hydrogen) atoms. The number of carbonyl (C=O) groups is 1. The summed E-state index contributed by atoms with van der Waals surface area (Å²) in [7, 11) is 0. The van der Waals surface area contributed by atoms with Gasteiger partial charge in [0.15, 0.2) is 0 Å². The molecule has 74 valence electrons. The number of aromatic nitrogens is 1. The van der Waals surface area contributed by atoms with E-state index < -0.39 is 0 Å². The first kappa shape index (κ1) is 9.43. The van der Waals surface area contributed by atoms with Crippen molar-refractivity contribution in [3.05, 3.63) is 23.5 Å². The molecule has 2 heterocycles. The maximum absolute atomic E-state index is 11.5. The second-order valence-corrected chi connectivity index (χ2v) is 3.54.